The molecule has 28 heavy (non-hydrogen) atoms. The summed E-state index contributed by atoms with van der Waals surface area (Å²) in [7, 11) is 0. The Morgan fingerprint density at radius 3 is 2.29 bits per heavy atom. The van der Waals surface area contributed by atoms with Crippen molar-refractivity contribution in [2.45, 2.75) is 97.0 Å². The first-order valence-electron chi connectivity index (χ1n) is 11.3. The van der Waals surface area contributed by atoms with E-state index in [1.54, 1.807) is 6.20 Å². The van der Waals surface area contributed by atoms with Gasteiger partial charge < -0.3 is 5.11 Å². The van der Waals surface area contributed by atoms with E-state index in [0.29, 0.717) is 0 Å². The number of nitrogens with zero attached hydrogens (tertiary/aromatic N) is 2. The Kier molecular flexibility index (Phi) is 10.8. The van der Waals surface area contributed by atoms with Crippen molar-refractivity contribution >= 4 is 0 Å². The van der Waals surface area contributed by atoms with Crippen LogP contribution in [0.4, 0.5) is 0 Å². The SMILES string of the molecule is CCCCCCCCCCc1nnccc1-c1ccccc1CCCC(C)O. The van der Waals surface area contributed by atoms with Crippen molar-refractivity contribution < 1.29 is 5.11 Å². The fourth-order valence-corrected chi connectivity index (χ4v) is 3.81. The minimum absolute atomic E-state index is 0.229. The van der Waals surface area contributed by atoms with E-state index in [1.807, 2.05) is 6.92 Å². The molecule has 1 aromatic carbocycles. The highest BCUT2D eigenvalue weighted by Crippen LogP contribution is 2.28. The van der Waals surface area contributed by atoms with Crippen LogP contribution >= 0.6 is 0 Å². The minimum atomic E-state index is -0.229. The van der Waals surface area contributed by atoms with Gasteiger partial charge in [0.15, 0.2) is 0 Å². The van der Waals surface area contributed by atoms with Gasteiger partial charge >= 0.3 is 0 Å². The number of aliphatic hydroxyl groups is 1. The first-order chi connectivity index (χ1) is 13.7. The summed E-state index contributed by atoms with van der Waals surface area (Å²) in [5.74, 6) is 0. The molecule has 2 aromatic rings. The topological polar surface area (TPSA) is 46.0 Å². The van der Waals surface area contributed by atoms with Crippen LogP contribution in [0.3, 0.4) is 0 Å². The van der Waals surface area contributed by atoms with Crippen molar-refractivity contribution in [3.63, 3.8) is 0 Å². The fourth-order valence-electron chi connectivity index (χ4n) is 3.81. The maximum absolute atomic E-state index is 9.54. The number of aromatic nitrogens is 2. The van der Waals surface area contributed by atoms with E-state index >= 15 is 0 Å². The smallest absolute Gasteiger partial charge is 0.0709 e. The second kappa shape index (κ2) is 13.4. The van der Waals surface area contributed by atoms with Crippen LogP contribution in [0.5, 0.6) is 0 Å². The lowest BCUT2D eigenvalue weighted by molar-refractivity contribution is 0.182. The maximum Gasteiger partial charge on any atom is 0.0709 e. The van der Waals surface area contributed by atoms with Crippen LogP contribution in [0.25, 0.3) is 11.1 Å². The van der Waals surface area contributed by atoms with Crippen molar-refractivity contribution in [2.75, 3.05) is 0 Å². The molecular weight excluding hydrogens is 344 g/mol. The van der Waals surface area contributed by atoms with Crippen LogP contribution < -0.4 is 0 Å². The predicted octanol–water partition coefficient (Wildman–Crippen LogP) is 6.53. The van der Waals surface area contributed by atoms with Crippen molar-refractivity contribution in [2.24, 2.45) is 0 Å². The summed E-state index contributed by atoms with van der Waals surface area (Å²) in [4.78, 5) is 0. The summed E-state index contributed by atoms with van der Waals surface area (Å²) in [5, 5.41) is 18.2. The van der Waals surface area contributed by atoms with Gasteiger partial charge in [-0.2, -0.15) is 10.2 Å². The van der Waals surface area contributed by atoms with Crippen LogP contribution in [0.15, 0.2) is 36.5 Å². The van der Waals surface area contributed by atoms with Crippen LogP contribution in [0.1, 0.15) is 89.3 Å². The molecule has 3 nitrogen and oxygen atoms in total. The molecule has 0 spiro atoms. The van der Waals surface area contributed by atoms with Crippen LogP contribution in [-0.2, 0) is 12.8 Å². The second-order valence-corrected chi connectivity index (χ2v) is 8.01. The average Bonchev–Trinajstić information content (AvgIpc) is 2.70. The number of aryl methyl sites for hydroxylation is 2. The van der Waals surface area contributed by atoms with Gasteiger partial charge in [0.2, 0.25) is 0 Å². The molecule has 0 bridgehead atoms. The monoisotopic (exact) mass is 382 g/mol. The normalized spacial score (nSPS) is 12.2. The minimum Gasteiger partial charge on any atom is -0.393 e. The zero-order valence-corrected chi connectivity index (χ0v) is 17.9. The fraction of sp³-hybridized carbons (Fsp3) is 0.600. The maximum atomic E-state index is 9.54. The molecule has 0 aliphatic rings. The summed E-state index contributed by atoms with van der Waals surface area (Å²) >= 11 is 0. The van der Waals surface area contributed by atoms with Gasteiger partial charge in [-0.15, -0.1) is 0 Å². The summed E-state index contributed by atoms with van der Waals surface area (Å²) in [6.45, 7) is 4.13. The second-order valence-electron chi connectivity index (χ2n) is 8.01. The summed E-state index contributed by atoms with van der Waals surface area (Å²) in [6.07, 6.45) is 16.0. The van der Waals surface area contributed by atoms with E-state index in [-0.39, 0.29) is 6.10 Å². The molecule has 1 aromatic heterocycles. The molecule has 0 fully saturated rings. The molecule has 2 rings (SSSR count). The van der Waals surface area contributed by atoms with E-state index in [1.165, 1.54) is 68.1 Å². The molecule has 1 atom stereocenters. The van der Waals surface area contributed by atoms with Gasteiger partial charge in [-0.3, -0.25) is 0 Å². The van der Waals surface area contributed by atoms with E-state index in [4.69, 9.17) is 0 Å². The third-order valence-electron chi connectivity index (χ3n) is 5.44. The molecule has 0 aliphatic heterocycles. The van der Waals surface area contributed by atoms with E-state index in [9.17, 15) is 5.11 Å². The van der Waals surface area contributed by atoms with Crippen molar-refractivity contribution in [3.8, 4) is 11.1 Å². The molecule has 0 amide bonds. The number of benzene rings is 1. The molecule has 1 N–H and O–H groups in total. The van der Waals surface area contributed by atoms with Gasteiger partial charge in [-0.25, -0.2) is 0 Å². The largest absolute Gasteiger partial charge is 0.393 e. The van der Waals surface area contributed by atoms with Crippen LogP contribution in [0.2, 0.25) is 0 Å². The quantitative estimate of drug-likeness (QED) is 0.378. The van der Waals surface area contributed by atoms with Crippen molar-refractivity contribution in [1.82, 2.24) is 10.2 Å². The van der Waals surface area contributed by atoms with E-state index in [0.717, 1.165) is 31.4 Å². The molecule has 154 valence electrons. The highest BCUT2D eigenvalue weighted by Gasteiger charge is 2.11. The standard InChI is InChI=1S/C25H38N2O/c1-3-4-5-6-7-8-9-10-18-25-24(19-20-26-27-25)23-17-12-11-15-22(23)16-13-14-21(2)28/h11-12,15,17,19-21,28H,3-10,13-14,16,18H2,1-2H3. The van der Waals surface area contributed by atoms with Gasteiger partial charge in [0.1, 0.15) is 0 Å². The van der Waals surface area contributed by atoms with Gasteiger partial charge in [0.05, 0.1) is 18.0 Å². The van der Waals surface area contributed by atoms with E-state index in [2.05, 4.69) is 47.5 Å². The van der Waals surface area contributed by atoms with Crippen LogP contribution in [-0.4, -0.2) is 21.4 Å². The molecule has 0 saturated carbocycles. The van der Waals surface area contributed by atoms with Crippen molar-refractivity contribution in [3.05, 3.63) is 47.8 Å². The van der Waals surface area contributed by atoms with Crippen molar-refractivity contribution in [1.29, 1.82) is 0 Å². The Morgan fingerprint density at radius 1 is 0.821 bits per heavy atom. The number of aliphatic hydroxyl groups excluding tert-OH is 1. The molecular formula is C25H38N2O. The Bertz CT molecular complexity index is 669. The Labute approximate surface area is 171 Å². The summed E-state index contributed by atoms with van der Waals surface area (Å²) in [6, 6.07) is 10.7. The van der Waals surface area contributed by atoms with Gasteiger partial charge in [-0.05, 0) is 56.2 Å². The zero-order valence-electron chi connectivity index (χ0n) is 17.9. The average molecular weight is 383 g/mol. The van der Waals surface area contributed by atoms with Crippen LogP contribution in [0, 0.1) is 0 Å². The highest BCUT2D eigenvalue weighted by atomic mass is 16.3. The predicted molar refractivity (Wildman–Crippen MR) is 118 cm³/mol. The molecule has 1 heterocycles. The molecule has 1 unspecified atom stereocenters. The highest BCUT2D eigenvalue weighted by molar-refractivity contribution is 5.69. The number of unbranched alkanes of at least 4 members (excludes halogenated alkanes) is 7. The first kappa shape index (κ1) is 22.5. The van der Waals surface area contributed by atoms with Gasteiger partial charge in [0.25, 0.3) is 0 Å². The first-order valence-corrected chi connectivity index (χ1v) is 11.3. The van der Waals surface area contributed by atoms with Gasteiger partial charge in [0, 0.05) is 5.56 Å². The lowest BCUT2D eigenvalue weighted by atomic mass is 9.93. The lowest BCUT2D eigenvalue weighted by Crippen LogP contribution is -2.02. The Morgan fingerprint density at radius 2 is 1.54 bits per heavy atom. The molecule has 0 radical (unpaired) electrons. The van der Waals surface area contributed by atoms with E-state index < -0.39 is 0 Å². The summed E-state index contributed by atoms with van der Waals surface area (Å²) < 4.78 is 0. The Hall–Kier alpha value is -1.74. The third-order valence-corrected chi connectivity index (χ3v) is 5.44. The molecule has 0 aliphatic carbocycles. The Balaban J connectivity index is 1.93. The third kappa shape index (κ3) is 8.10. The molecule has 0 saturated heterocycles. The summed E-state index contributed by atoms with van der Waals surface area (Å²) in [5.41, 5.74) is 4.97. The number of hydrogen-bond donors (Lipinski definition) is 1. The number of hydrogen-bond acceptors (Lipinski definition) is 3. The zero-order chi connectivity index (χ0) is 20.0. The molecule has 3 heteroatoms. The number of rotatable bonds is 14. The van der Waals surface area contributed by atoms with Gasteiger partial charge in [-0.1, -0.05) is 76.1 Å². The lowest BCUT2D eigenvalue weighted by Gasteiger charge is -2.13.